The predicted molar refractivity (Wildman–Crippen MR) is 75.3 cm³/mol. The Hall–Kier alpha value is -1.33. The minimum Gasteiger partial charge on any atom is -0.383 e. The number of thiophene rings is 1. The molecule has 2 rings (SSSR count). The molecule has 4 nitrogen and oxygen atoms in total. The van der Waals surface area contributed by atoms with Gasteiger partial charge in [0.15, 0.2) is 0 Å². The molecule has 5 heteroatoms. The lowest BCUT2D eigenvalue weighted by molar-refractivity contribution is 0.163. The summed E-state index contributed by atoms with van der Waals surface area (Å²) in [7, 11) is 1.72. The van der Waals surface area contributed by atoms with Gasteiger partial charge in [0.25, 0.3) is 0 Å². The summed E-state index contributed by atoms with van der Waals surface area (Å²) in [5.41, 5.74) is 1.37. The van der Waals surface area contributed by atoms with Gasteiger partial charge in [-0.2, -0.15) is 11.3 Å². The van der Waals surface area contributed by atoms with Crippen molar-refractivity contribution < 1.29 is 4.74 Å². The molecule has 0 spiro atoms. The Morgan fingerprint density at radius 3 is 3.17 bits per heavy atom. The summed E-state index contributed by atoms with van der Waals surface area (Å²) in [5.74, 6) is 0.912. The third kappa shape index (κ3) is 3.34. The summed E-state index contributed by atoms with van der Waals surface area (Å²) in [6.07, 6.45) is 4.82. The molecule has 0 radical (unpaired) electrons. The number of nitrogens with zero attached hydrogens (tertiary/aromatic N) is 2. The molecule has 0 saturated heterocycles. The molecule has 0 aromatic carbocycles. The smallest absolute Gasteiger partial charge is 0.203 e. The van der Waals surface area contributed by atoms with Crippen LogP contribution >= 0.6 is 11.3 Å². The van der Waals surface area contributed by atoms with Gasteiger partial charge in [-0.3, -0.25) is 0 Å². The van der Waals surface area contributed by atoms with Crippen LogP contribution in [-0.4, -0.2) is 29.8 Å². The SMILES string of the molecule is COCC(C)n1ccnc1NCCc1ccsc1. The quantitative estimate of drug-likeness (QED) is 0.836. The molecule has 1 atom stereocenters. The Labute approximate surface area is 112 Å². The van der Waals surface area contributed by atoms with Crippen LogP contribution in [0.2, 0.25) is 0 Å². The highest BCUT2D eigenvalue weighted by molar-refractivity contribution is 7.07. The van der Waals surface area contributed by atoms with Crippen molar-refractivity contribution in [1.29, 1.82) is 0 Å². The first-order valence-electron chi connectivity index (χ1n) is 6.08. The van der Waals surface area contributed by atoms with Gasteiger partial charge in [-0.05, 0) is 35.7 Å². The lowest BCUT2D eigenvalue weighted by atomic mass is 10.2. The van der Waals surface area contributed by atoms with Gasteiger partial charge in [-0.1, -0.05) is 0 Å². The first kappa shape index (κ1) is 13.1. The third-order valence-corrected chi connectivity index (χ3v) is 3.56. The van der Waals surface area contributed by atoms with Crippen molar-refractivity contribution in [2.75, 3.05) is 25.6 Å². The minimum atomic E-state index is 0.293. The molecule has 0 bridgehead atoms. The molecule has 2 aromatic heterocycles. The second-order valence-corrected chi connectivity index (χ2v) is 5.05. The van der Waals surface area contributed by atoms with Gasteiger partial charge >= 0.3 is 0 Å². The van der Waals surface area contributed by atoms with E-state index in [2.05, 4.69) is 38.6 Å². The molecule has 2 heterocycles. The van der Waals surface area contributed by atoms with Crippen LogP contribution in [0.25, 0.3) is 0 Å². The zero-order valence-electron chi connectivity index (χ0n) is 10.8. The van der Waals surface area contributed by atoms with Crippen molar-refractivity contribution in [3.63, 3.8) is 0 Å². The van der Waals surface area contributed by atoms with Gasteiger partial charge in [0.1, 0.15) is 0 Å². The fraction of sp³-hybridized carbons (Fsp3) is 0.462. The van der Waals surface area contributed by atoms with Crippen molar-refractivity contribution in [3.05, 3.63) is 34.8 Å². The molecule has 0 amide bonds. The third-order valence-electron chi connectivity index (χ3n) is 2.83. The van der Waals surface area contributed by atoms with Crippen LogP contribution in [0.3, 0.4) is 0 Å². The average Bonchev–Trinajstić information content (AvgIpc) is 3.00. The van der Waals surface area contributed by atoms with E-state index in [1.54, 1.807) is 18.4 Å². The lowest BCUT2D eigenvalue weighted by Gasteiger charge is -2.16. The molecule has 1 unspecified atom stereocenters. The van der Waals surface area contributed by atoms with E-state index in [1.807, 2.05) is 12.4 Å². The van der Waals surface area contributed by atoms with E-state index in [-0.39, 0.29) is 0 Å². The van der Waals surface area contributed by atoms with Crippen LogP contribution in [-0.2, 0) is 11.2 Å². The molecule has 0 aliphatic heterocycles. The maximum absolute atomic E-state index is 5.17. The molecule has 0 fully saturated rings. The fourth-order valence-corrected chi connectivity index (χ4v) is 2.58. The molecular weight excluding hydrogens is 246 g/mol. The van der Waals surface area contributed by atoms with E-state index >= 15 is 0 Å². The first-order chi connectivity index (χ1) is 8.81. The number of ether oxygens (including phenoxy) is 1. The van der Waals surface area contributed by atoms with Crippen molar-refractivity contribution in [3.8, 4) is 0 Å². The summed E-state index contributed by atoms with van der Waals surface area (Å²) in [6.45, 7) is 3.71. The Morgan fingerprint density at radius 2 is 2.44 bits per heavy atom. The predicted octanol–water partition coefficient (Wildman–Crippen LogP) is 2.81. The number of imidazole rings is 1. The molecule has 2 aromatic rings. The summed E-state index contributed by atoms with van der Waals surface area (Å²) >= 11 is 1.74. The van der Waals surface area contributed by atoms with Crippen LogP contribution < -0.4 is 5.32 Å². The highest BCUT2D eigenvalue weighted by Gasteiger charge is 2.08. The van der Waals surface area contributed by atoms with Gasteiger partial charge in [0.2, 0.25) is 5.95 Å². The summed E-state index contributed by atoms with van der Waals surface area (Å²) in [4.78, 5) is 4.34. The monoisotopic (exact) mass is 265 g/mol. The molecule has 0 saturated carbocycles. The maximum Gasteiger partial charge on any atom is 0.203 e. The number of aromatic nitrogens is 2. The summed E-state index contributed by atoms with van der Waals surface area (Å²) in [6, 6.07) is 2.45. The number of anilines is 1. The zero-order chi connectivity index (χ0) is 12.8. The Balaban J connectivity index is 1.87. The number of hydrogen-bond donors (Lipinski definition) is 1. The summed E-state index contributed by atoms with van der Waals surface area (Å²) < 4.78 is 7.28. The second kappa shape index (κ2) is 6.56. The minimum absolute atomic E-state index is 0.293. The van der Waals surface area contributed by atoms with Crippen LogP contribution in [0.15, 0.2) is 29.2 Å². The van der Waals surface area contributed by atoms with Gasteiger partial charge in [0, 0.05) is 26.0 Å². The van der Waals surface area contributed by atoms with Crippen LogP contribution in [0.1, 0.15) is 18.5 Å². The van der Waals surface area contributed by atoms with Gasteiger partial charge in [-0.15, -0.1) is 0 Å². The van der Waals surface area contributed by atoms with Crippen molar-refractivity contribution in [2.45, 2.75) is 19.4 Å². The van der Waals surface area contributed by atoms with E-state index in [0.29, 0.717) is 12.6 Å². The van der Waals surface area contributed by atoms with Crippen molar-refractivity contribution >= 4 is 17.3 Å². The largest absolute Gasteiger partial charge is 0.383 e. The first-order valence-corrected chi connectivity index (χ1v) is 7.02. The Kier molecular flexibility index (Phi) is 4.78. The van der Waals surface area contributed by atoms with E-state index in [0.717, 1.165) is 18.9 Å². The Morgan fingerprint density at radius 1 is 1.56 bits per heavy atom. The van der Waals surface area contributed by atoms with Crippen LogP contribution in [0.4, 0.5) is 5.95 Å². The number of rotatable bonds is 7. The standard InChI is InChI=1S/C13H19N3OS/c1-11(9-17-2)16-7-6-15-13(16)14-5-3-12-4-8-18-10-12/h4,6-8,10-11H,3,5,9H2,1-2H3,(H,14,15). The molecule has 98 valence electrons. The molecule has 1 N–H and O–H groups in total. The van der Waals surface area contributed by atoms with Crippen LogP contribution in [0, 0.1) is 0 Å². The lowest BCUT2D eigenvalue weighted by Crippen LogP contribution is -2.15. The molecule has 0 aliphatic carbocycles. The fourth-order valence-electron chi connectivity index (χ4n) is 1.88. The van der Waals surface area contributed by atoms with E-state index in [4.69, 9.17) is 4.74 Å². The van der Waals surface area contributed by atoms with E-state index < -0.39 is 0 Å². The topological polar surface area (TPSA) is 39.1 Å². The van der Waals surface area contributed by atoms with E-state index in [9.17, 15) is 0 Å². The highest BCUT2D eigenvalue weighted by Crippen LogP contribution is 2.14. The van der Waals surface area contributed by atoms with Crippen molar-refractivity contribution in [1.82, 2.24) is 9.55 Å². The zero-order valence-corrected chi connectivity index (χ0v) is 11.6. The number of hydrogen-bond acceptors (Lipinski definition) is 4. The van der Waals surface area contributed by atoms with Gasteiger partial charge < -0.3 is 14.6 Å². The number of nitrogens with one attached hydrogen (secondary N) is 1. The summed E-state index contributed by atoms with van der Waals surface area (Å²) in [5, 5.41) is 7.66. The van der Waals surface area contributed by atoms with E-state index in [1.165, 1.54) is 5.56 Å². The molecule has 18 heavy (non-hydrogen) atoms. The number of methoxy groups -OCH3 is 1. The highest BCUT2D eigenvalue weighted by atomic mass is 32.1. The molecular formula is C13H19N3OS. The van der Waals surface area contributed by atoms with Crippen LogP contribution in [0.5, 0.6) is 0 Å². The van der Waals surface area contributed by atoms with Gasteiger partial charge in [-0.25, -0.2) is 4.98 Å². The maximum atomic E-state index is 5.17. The Bertz CT molecular complexity index is 453. The molecule has 0 aliphatic rings. The van der Waals surface area contributed by atoms with Gasteiger partial charge in [0.05, 0.1) is 12.6 Å². The second-order valence-electron chi connectivity index (χ2n) is 4.27. The normalized spacial score (nSPS) is 12.6. The average molecular weight is 265 g/mol. The van der Waals surface area contributed by atoms with Crippen molar-refractivity contribution in [2.24, 2.45) is 0 Å².